The minimum absolute atomic E-state index is 0.0600. The standard InChI is InChI=1S/C11H14N2O4/c1-7(2)5-11(15)12-9-6-8(13(16)17)3-4-10(9)14/h3-4,6-7,14H,5H2,1-2H3,(H,12,15). The van der Waals surface area contributed by atoms with Crippen molar-refractivity contribution >= 4 is 17.3 Å². The molecule has 1 aromatic carbocycles. The van der Waals surface area contributed by atoms with Gasteiger partial charge in [-0.05, 0) is 12.0 Å². The van der Waals surface area contributed by atoms with Crippen molar-refractivity contribution in [2.24, 2.45) is 5.92 Å². The lowest BCUT2D eigenvalue weighted by atomic mass is 10.1. The fraction of sp³-hybridized carbons (Fsp3) is 0.364. The van der Waals surface area contributed by atoms with E-state index in [1.54, 1.807) is 0 Å². The molecular formula is C11H14N2O4. The third-order valence-electron chi connectivity index (χ3n) is 2.06. The van der Waals surface area contributed by atoms with Crippen molar-refractivity contribution in [1.82, 2.24) is 0 Å². The molecule has 0 fully saturated rings. The van der Waals surface area contributed by atoms with Gasteiger partial charge in [0.05, 0.1) is 10.6 Å². The van der Waals surface area contributed by atoms with Crippen LogP contribution >= 0.6 is 0 Å². The summed E-state index contributed by atoms with van der Waals surface area (Å²) in [6.45, 7) is 3.76. The fourth-order valence-electron chi connectivity index (χ4n) is 1.31. The van der Waals surface area contributed by atoms with Gasteiger partial charge in [0.2, 0.25) is 5.91 Å². The third-order valence-corrected chi connectivity index (χ3v) is 2.06. The molecule has 1 aromatic rings. The summed E-state index contributed by atoms with van der Waals surface area (Å²) in [5.41, 5.74) is -0.118. The quantitative estimate of drug-likeness (QED) is 0.478. The Morgan fingerprint density at radius 1 is 1.53 bits per heavy atom. The average Bonchev–Trinajstić information content (AvgIpc) is 2.19. The van der Waals surface area contributed by atoms with Gasteiger partial charge >= 0.3 is 0 Å². The normalized spacial score (nSPS) is 10.3. The minimum Gasteiger partial charge on any atom is -0.506 e. The first-order valence-electron chi connectivity index (χ1n) is 5.17. The average molecular weight is 238 g/mol. The van der Waals surface area contributed by atoms with Crippen LogP contribution in [0.2, 0.25) is 0 Å². The number of rotatable bonds is 4. The van der Waals surface area contributed by atoms with Crippen LogP contribution in [0.3, 0.4) is 0 Å². The number of nitrogens with one attached hydrogen (secondary N) is 1. The summed E-state index contributed by atoms with van der Waals surface area (Å²) in [5.74, 6) is -0.292. The van der Waals surface area contributed by atoms with Crippen LogP contribution in [-0.2, 0) is 4.79 Å². The zero-order chi connectivity index (χ0) is 13.0. The summed E-state index contributed by atoms with van der Waals surface area (Å²) >= 11 is 0. The second-order valence-electron chi connectivity index (χ2n) is 4.10. The van der Waals surface area contributed by atoms with Gasteiger partial charge in [0, 0.05) is 18.6 Å². The van der Waals surface area contributed by atoms with E-state index in [0.29, 0.717) is 6.42 Å². The number of phenols is 1. The van der Waals surface area contributed by atoms with Crippen LogP contribution < -0.4 is 5.32 Å². The van der Waals surface area contributed by atoms with Crippen LogP contribution in [0.15, 0.2) is 18.2 Å². The summed E-state index contributed by atoms with van der Waals surface area (Å²) in [7, 11) is 0. The summed E-state index contributed by atoms with van der Waals surface area (Å²) in [6.07, 6.45) is 0.294. The van der Waals surface area contributed by atoms with E-state index in [9.17, 15) is 20.0 Å². The number of phenolic OH excluding ortho intramolecular Hbond substituents is 1. The van der Waals surface area contributed by atoms with Crippen LogP contribution in [0.5, 0.6) is 5.75 Å². The van der Waals surface area contributed by atoms with Gasteiger partial charge in [0.15, 0.2) is 0 Å². The van der Waals surface area contributed by atoms with Crippen molar-refractivity contribution in [3.05, 3.63) is 28.3 Å². The zero-order valence-electron chi connectivity index (χ0n) is 9.64. The Balaban J connectivity index is 2.86. The lowest BCUT2D eigenvalue weighted by molar-refractivity contribution is -0.384. The molecule has 0 aliphatic rings. The van der Waals surface area contributed by atoms with Crippen LogP contribution in [-0.4, -0.2) is 15.9 Å². The number of nitro benzene ring substituents is 1. The molecule has 0 saturated carbocycles. The molecule has 1 amide bonds. The molecule has 0 aliphatic carbocycles. The highest BCUT2D eigenvalue weighted by molar-refractivity contribution is 5.92. The van der Waals surface area contributed by atoms with Crippen molar-refractivity contribution in [1.29, 1.82) is 0 Å². The fourth-order valence-corrected chi connectivity index (χ4v) is 1.31. The molecule has 0 aromatic heterocycles. The van der Waals surface area contributed by atoms with Gasteiger partial charge in [-0.2, -0.15) is 0 Å². The van der Waals surface area contributed by atoms with Crippen molar-refractivity contribution in [3.8, 4) is 5.75 Å². The Morgan fingerprint density at radius 2 is 2.18 bits per heavy atom. The Labute approximate surface area is 98.4 Å². The molecule has 0 aliphatic heterocycles. The molecule has 92 valence electrons. The number of benzene rings is 1. The maximum Gasteiger partial charge on any atom is 0.271 e. The highest BCUT2D eigenvalue weighted by atomic mass is 16.6. The molecule has 17 heavy (non-hydrogen) atoms. The molecule has 0 spiro atoms. The number of nitrogens with zero attached hydrogens (tertiary/aromatic N) is 1. The highest BCUT2D eigenvalue weighted by Gasteiger charge is 2.13. The van der Waals surface area contributed by atoms with Gasteiger partial charge in [-0.25, -0.2) is 0 Å². The van der Waals surface area contributed by atoms with Crippen LogP contribution in [0, 0.1) is 16.0 Å². The Bertz CT molecular complexity index is 443. The van der Waals surface area contributed by atoms with Crippen molar-refractivity contribution < 1.29 is 14.8 Å². The molecule has 0 radical (unpaired) electrons. The zero-order valence-corrected chi connectivity index (χ0v) is 9.64. The van der Waals surface area contributed by atoms with Gasteiger partial charge in [-0.15, -0.1) is 0 Å². The first kappa shape index (κ1) is 13.0. The second kappa shape index (κ2) is 5.29. The number of nitro groups is 1. The molecule has 0 bridgehead atoms. The number of hydrogen-bond acceptors (Lipinski definition) is 4. The molecule has 1 rings (SSSR count). The Morgan fingerprint density at radius 3 is 2.71 bits per heavy atom. The van der Waals surface area contributed by atoms with E-state index in [-0.39, 0.29) is 28.9 Å². The summed E-state index contributed by atoms with van der Waals surface area (Å²) in [6, 6.07) is 3.49. The number of carbonyl (C=O) groups is 1. The number of non-ortho nitro benzene ring substituents is 1. The number of carbonyl (C=O) groups excluding carboxylic acids is 1. The Hall–Kier alpha value is -2.11. The molecule has 0 unspecified atom stereocenters. The Kier molecular flexibility index (Phi) is 4.03. The van der Waals surface area contributed by atoms with Crippen molar-refractivity contribution in [2.75, 3.05) is 5.32 Å². The monoisotopic (exact) mass is 238 g/mol. The van der Waals surface area contributed by atoms with Gasteiger partial charge in [0.25, 0.3) is 5.69 Å². The second-order valence-corrected chi connectivity index (χ2v) is 4.10. The predicted octanol–water partition coefficient (Wildman–Crippen LogP) is 2.29. The van der Waals surface area contributed by atoms with Crippen LogP contribution in [0.4, 0.5) is 11.4 Å². The minimum atomic E-state index is -0.586. The smallest absolute Gasteiger partial charge is 0.271 e. The summed E-state index contributed by atoms with van der Waals surface area (Å²) < 4.78 is 0. The van der Waals surface area contributed by atoms with E-state index in [1.165, 1.54) is 12.1 Å². The molecule has 6 nitrogen and oxygen atoms in total. The number of amides is 1. The first-order chi connectivity index (χ1) is 7.90. The van der Waals surface area contributed by atoms with Gasteiger partial charge < -0.3 is 10.4 Å². The first-order valence-corrected chi connectivity index (χ1v) is 5.17. The molecular weight excluding hydrogens is 224 g/mol. The number of anilines is 1. The molecule has 0 saturated heterocycles. The topological polar surface area (TPSA) is 92.5 Å². The van der Waals surface area contributed by atoms with Gasteiger partial charge in [-0.3, -0.25) is 14.9 Å². The third kappa shape index (κ3) is 3.75. The van der Waals surface area contributed by atoms with E-state index >= 15 is 0 Å². The maximum atomic E-state index is 11.5. The molecule has 0 heterocycles. The number of hydrogen-bond donors (Lipinski definition) is 2. The van der Waals surface area contributed by atoms with Crippen molar-refractivity contribution in [2.45, 2.75) is 20.3 Å². The largest absolute Gasteiger partial charge is 0.506 e. The predicted molar refractivity (Wildman–Crippen MR) is 62.8 cm³/mol. The highest BCUT2D eigenvalue weighted by Crippen LogP contribution is 2.27. The van der Waals surface area contributed by atoms with E-state index in [2.05, 4.69) is 5.32 Å². The van der Waals surface area contributed by atoms with Gasteiger partial charge in [0.1, 0.15) is 5.75 Å². The van der Waals surface area contributed by atoms with Crippen LogP contribution in [0.25, 0.3) is 0 Å². The van der Waals surface area contributed by atoms with Crippen molar-refractivity contribution in [3.63, 3.8) is 0 Å². The lowest BCUT2D eigenvalue weighted by Gasteiger charge is -2.08. The number of aromatic hydroxyl groups is 1. The molecule has 2 N–H and O–H groups in total. The molecule has 6 heteroatoms. The maximum absolute atomic E-state index is 11.5. The molecule has 0 atom stereocenters. The summed E-state index contributed by atoms with van der Waals surface area (Å²) in [5, 5.41) is 22.4. The van der Waals surface area contributed by atoms with Crippen LogP contribution in [0.1, 0.15) is 20.3 Å². The van der Waals surface area contributed by atoms with E-state index in [4.69, 9.17) is 0 Å². The van der Waals surface area contributed by atoms with E-state index < -0.39 is 4.92 Å². The summed E-state index contributed by atoms with van der Waals surface area (Å²) in [4.78, 5) is 21.4. The van der Waals surface area contributed by atoms with E-state index in [0.717, 1.165) is 6.07 Å². The lowest BCUT2D eigenvalue weighted by Crippen LogP contribution is -2.14. The SMILES string of the molecule is CC(C)CC(=O)Nc1cc([N+](=O)[O-])ccc1O. The van der Waals surface area contributed by atoms with Gasteiger partial charge in [-0.1, -0.05) is 13.8 Å². The van der Waals surface area contributed by atoms with E-state index in [1.807, 2.05) is 13.8 Å².